The van der Waals surface area contributed by atoms with Gasteiger partial charge in [0.1, 0.15) is 12.6 Å². The molecule has 1 fully saturated rings. The van der Waals surface area contributed by atoms with Crippen LogP contribution in [0.3, 0.4) is 0 Å². The van der Waals surface area contributed by atoms with Crippen LogP contribution >= 0.6 is 39.1 Å². The van der Waals surface area contributed by atoms with Crippen LogP contribution in [-0.4, -0.2) is 43.8 Å². The Kier molecular flexibility index (Phi) is 10.2. The van der Waals surface area contributed by atoms with Gasteiger partial charge in [0.25, 0.3) is 10.0 Å². The first-order valence-corrected chi connectivity index (χ1v) is 15.9. The van der Waals surface area contributed by atoms with E-state index in [0.29, 0.717) is 25.8 Å². The fraction of sp³-hybridized carbons (Fsp3) is 0.310. The number of sulfonamides is 1. The molecule has 0 aromatic heterocycles. The van der Waals surface area contributed by atoms with Crippen molar-refractivity contribution in [1.29, 1.82) is 0 Å². The number of carbonyl (C=O) groups is 2. The van der Waals surface area contributed by atoms with Gasteiger partial charge in [-0.3, -0.25) is 13.9 Å². The molecule has 3 aromatic carbocycles. The van der Waals surface area contributed by atoms with Crippen LogP contribution < -0.4 is 9.62 Å². The molecule has 0 heterocycles. The molecule has 0 saturated heterocycles. The summed E-state index contributed by atoms with van der Waals surface area (Å²) in [5.74, 6) is -0.833. The average Bonchev–Trinajstić information content (AvgIpc) is 3.45. The van der Waals surface area contributed by atoms with Gasteiger partial charge < -0.3 is 10.2 Å². The molecule has 1 saturated carbocycles. The van der Waals surface area contributed by atoms with Crippen LogP contribution in [0.5, 0.6) is 0 Å². The van der Waals surface area contributed by atoms with Crippen LogP contribution in [0.2, 0.25) is 10.0 Å². The minimum Gasteiger partial charge on any atom is -0.352 e. The summed E-state index contributed by atoms with van der Waals surface area (Å²) in [5.41, 5.74) is 0.965. The zero-order valence-electron chi connectivity index (χ0n) is 21.9. The van der Waals surface area contributed by atoms with Crippen LogP contribution in [-0.2, 0) is 26.2 Å². The minimum atomic E-state index is -4.12. The Morgan fingerprint density at radius 1 is 0.975 bits per heavy atom. The van der Waals surface area contributed by atoms with Crippen molar-refractivity contribution in [2.75, 3.05) is 10.8 Å². The summed E-state index contributed by atoms with van der Waals surface area (Å²) in [6.45, 7) is 1.16. The Morgan fingerprint density at radius 3 is 2.33 bits per heavy atom. The summed E-state index contributed by atoms with van der Waals surface area (Å²) in [7, 11) is -4.12. The Balaban J connectivity index is 1.69. The maximum Gasteiger partial charge on any atom is 0.264 e. The first kappa shape index (κ1) is 30.4. The van der Waals surface area contributed by atoms with E-state index in [4.69, 9.17) is 23.2 Å². The predicted octanol–water partition coefficient (Wildman–Crippen LogP) is 6.43. The third-order valence-electron chi connectivity index (χ3n) is 6.91. The van der Waals surface area contributed by atoms with Crippen LogP contribution in [0.25, 0.3) is 0 Å². The van der Waals surface area contributed by atoms with Crippen molar-refractivity contribution in [1.82, 2.24) is 10.2 Å². The summed E-state index contributed by atoms with van der Waals surface area (Å²) in [4.78, 5) is 28.7. The SMILES string of the molecule is C[C@H](C(=O)NC1CCCC1)N(Cc1ccc(Cl)c(Cl)c1)C(=O)CN(c1cccc(Br)c1)S(=O)(=O)c1ccccc1. The van der Waals surface area contributed by atoms with Crippen molar-refractivity contribution in [3.63, 3.8) is 0 Å². The van der Waals surface area contributed by atoms with Crippen molar-refractivity contribution in [2.45, 2.75) is 56.1 Å². The van der Waals surface area contributed by atoms with E-state index in [1.807, 2.05) is 0 Å². The fourth-order valence-corrected chi connectivity index (χ4v) is 6.82. The van der Waals surface area contributed by atoms with E-state index in [1.165, 1.54) is 17.0 Å². The van der Waals surface area contributed by atoms with Crippen LogP contribution in [0.15, 0.2) is 82.2 Å². The largest absolute Gasteiger partial charge is 0.352 e. The first-order chi connectivity index (χ1) is 19.1. The lowest BCUT2D eigenvalue weighted by atomic mass is 10.1. The van der Waals surface area contributed by atoms with Crippen LogP contribution in [0.4, 0.5) is 5.69 Å². The molecule has 0 radical (unpaired) electrons. The Hall–Kier alpha value is -2.59. The van der Waals surface area contributed by atoms with Gasteiger partial charge in [0.2, 0.25) is 11.8 Å². The van der Waals surface area contributed by atoms with Gasteiger partial charge in [-0.25, -0.2) is 8.42 Å². The second kappa shape index (κ2) is 13.4. The third-order valence-corrected chi connectivity index (χ3v) is 9.93. The quantitative estimate of drug-likeness (QED) is 0.270. The molecule has 212 valence electrons. The number of amides is 2. The molecule has 11 heteroatoms. The van der Waals surface area contributed by atoms with Crippen molar-refractivity contribution in [3.8, 4) is 0 Å². The number of hydrogen-bond acceptors (Lipinski definition) is 4. The second-order valence-corrected chi connectivity index (χ2v) is 13.3. The molecule has 1 aliphatic rings. The molecular weight excluding hydrogens is 637 g/mol. The summed E-state index contributed by atoms with van der Waals surface area (Å²) in [5, 5.41) is 3.73. The van der Waals surface area contributed by atoms with E-state index >= 15 is 0 Å². The molecule has 1 N–H and O–H groups in total. The lowest BCUT2D eigenvalue weighted by Gasteiger charge is -2.32. The van der Waals surface area contributed by atoms with Crippen molar-refractivity contribution >= 4 is 66.7 Å². The van der Waals surface area contributed by atoms with E-state index in [2.05, 4.69) is 21.2 Å². The molecule has 0 spiro atoms. The topological polar surface area (TPSA) is 86.8 Å². The van der Waals surface area contributed by atoms with Crippen LogP contribution in [0, 0.1) is 0 Å². The van der Waals surface area contributed by atoms with Crippen molar-refractivity contribution in [3.05, 3.63) is 92.9 Å². The molecule has 4 rings (SSSR count). The number of carbonyl (C=O) groups excluding carboxylic acids is 2. The minimum absolute atomic E-state index is 0.0344. The highest BCUT2D eigenvalue weighted by Gasteiger charge is 2.33. The first-order valence-electron chi connectivity index (χ1n) is 12.9. The zero-order chi connectivity index (χ0) is 28.9. The van der Waals surface area contributed by atoms with Gasteiger partial charge in [0, 0.05) is 17.1 Å². The number of rotatable bonds is 10. The molecule has 0 aliphatic heterocycles. The molecule has 1 aliphatic carbocycles. The summed E-state index contributed by atoms with van der Waals surface area (Å²) in [6.07, 6.45) is 3.88. The number of benzene rings is 3. The standard InChI is InChI=1S/C29H30BrCl2N3O4S/c1-20(29(37)33-23-9-5-6-10-23)34(18-21-14-15-26(31)27(32)16-21)28(36)19-35(24-11-7-8-22(30)17-24)40(38,39)25-12-3-2-4-13-25/h2-4,7-8,11-17,20,23H,5-6,9-10,18-19H2,1H3,(H,33,37)/t20-/m1/s1. The molecule has 3 aromatic rings. The highest BCUT2D eigenvalue weighted by molar-refractivity contribution is 9.10. The normalized spacial score (nSPS) is 14.5. The van der Waals surface area contributed by atoms with E-state index in [0.717, 1.165) is 30.0 Å². The lowest BCUT2D eigenvalue weighted by molar-refractivity contribution is -0.139. The monoisotopic (exact) mass is 665 g/mol. The highest BCUT2D eigenvalue weighted by atomic mass is 79.9. The van der Waals surface area contributed by atoms with Gasteiger partial charge in [0.05, 0.1) is 20.6 Å². The van der Waals surface area contributed by atoms with Crippen LogP contribution in [0.1, 0.15) is 38.2 Å². The highest BCUT2D eigenvalue weighted by Crippen LogP contribution is 2.28. The molecule has 0 bridgehead atoms. The Bertz CT molecular complexity index is 1470. The summed E-state index contributed by atoms with van der Waals surface area (Å²) < 4.78 is 29.3. The van der Waals surface area contributed by atoms with Gasteiger partial charge in [-0.15, -0.1) is 0 Å². The molecular formula is C29H30BrCl2N3O4S. The molecule has 1 atom stereocenters. The lowest BCUT2D eigenvalue weighted by Crippen LogP contribution is -2.52. The van der Waals surface area contributed by atoms with Crippen molar-refractivity contribution < 1.29 is 18.0 Å². The van der Waals surface area contributed by atoms with E-state index in [1.54, 1.807) is 67.6 Å². The molecule has 0 unspecified atom stereocenters. The van der Waals surface area contributed by atoms with Gasteiger partial charge >= 0.3 is 0 Å². The Morgan fingerprint density at radius 2 is 1.68 bits per heavy atom. The fourth-order valence-electron chi connectivity index (χ4n) is 4.69. The predicted molar refractivity (Wildman–Crippen MR) is 162 cm³/mol. The molecule has 7 nitrogen and oxygen atoms in total. The smallest absolute Gasteiger partial charge is 0.264 e. The summed E-state index contributed by atoms with van der Waals surface area (Å²) >= 11 is 15.7. The van der Waals surface area contributed by atoms with E-state index < -0.39 is 28.5 Å². The molecule has 2 amide bonds. The maximum atomic E-state index is 14.0. The van der Waals surface area contributed by atoms with E-state index in [9.17, 15) is 18.0 Å². The Labute approximate surface area is 253 Å². The second-order valence-electron chi connectivity index (χ2n) is 9.74. The van der Waals surface area contributed by atoms with Crippen molar-refractivity contribution in [2.24, 2.45) is 0 Å². The molecule has 40 heavy (non-hydrogen) atoms. The third kappa shape index (κ3) is 7.37. The van der Waals surface area contributed by atoms with Gasteiger partial charge in [-0.1, -0.05) is 82.3 Å². The number of halogens is 3. The average molecular weight is 667 g/mol. The number of nitrogens with one attached hydrogen (secondary N) is 1. The zero-order valence-corrected chi connectivity index (χ0v) is 25.8. The number of hydrogen-bond donors (Lipinski definition) is 1. The number of nitrogens with zero attached hydrogens (tertiary/aromatic N) is 2. The summed E-state index contributed by atoms with van der Waals surface area (Å²) in [6, 6.07) is 18.8. The van der Waals surface area contributed by atoms with Gasteiger partial charge in [0.15, 0.2) is 0 Å². The van der Waals surface area contributed by atoms with Gasteiger partial charge in [-0.2, -0.15) is 0 Å². The maximum absolute atomic E-state index is 14.0. The number of anilines is 1. The van der Waals surface area contributed by atoms with Gasteiger partial charge in [-0.05, 0) is 67.8 Å². The van der Waals surface area contributed by atoms with E-state index in [-0.39, 0.29) is 23.4 Å².